The number of ether oxygens (including phenoxy) is 1. The van der Waals surface area contributed by atoms with Crippen LogP contribution in [-0.2, 0) is 48.0 Å². The Kier molecular flexibility index (Phi) is 15.8. The van der Waals surface area contributed by atoms with Crippen molar-refractivity contribution in [2.75, 3.05) is 13.2 Å². The summed E-state index contributed by atoms with van der Waals surface area (Å²) < 4.78 is 5.80. The van der Waals surface area contributed by atoms with Gasteiger partial charge in [0.25, 0.3) is 5.91 Å². The van der Waals surface area contributed by atoms with Gasteiger partial charge in [0.2, 0.25) is 29.5 Å². The zero-order valence-corrected chi connectivity index (χ0v) is 34.7. The first-order valence-electron chi connectivity index (χ1n) is 20.4. The van der Waals surface area contributed by atoms with E-state index < -0.39 is 71.8 Å². The van der Waals surface area contributed by atoms with Crippen LogP contribution in [0.2, 0.25) is 0 Å². The number of carbonyl (C=O) groups is 6. The van der Waals surface area contributed by atoms with Crippen LogP contribution in [0.3, 0.4) is 0 Å². The van der Waals surface area contributed by atoms with Gasteiger partial charge in [0.05, 0.1) is 12.6 Å². The summed E-state index contributed by atoms with van der Waals surface area (Å²) in [6.07, 6.45) is 0.643. The highest BCUT2D eigenvalue weighted by molar-refractivity contribution is 5.95. The van der Waals surface area contributed by atoms with Gasteiger partial charge in [0.1, 0.15) is 29.9 Å². The Bertz CT molecular complexity index is 2100. The summed E-state index contributed by atoms with van der Waals surface area (Å²) in [6.45, 7) is 9.09. The summed E-state index contributed by atoms with van der Waals surface area (Å²) in [5.41, 5.74) is 3.05. The predicted octanol–water partition coefficient (Wildman–Crippen LogP) is 2.21. The van der Waals surface area contributed by atoms with Gasteiger partial charge in [-0.1, -0.05) is 88.4 Å². The van der Waals surface area contributed by atoms with E-state index in [0.717, 1.165) is 16.5 Å². The summed E-state index contributed by atoms with van der Waals surface area (Å²) in [5, 5.41) is 29.2. The van der Waals surface area contributed by atoms with E-state index in [-0.39, 0.29) is 31.1 Å². The van der Waals surface area contributed by atoms with Crippen molar-refractivity contribution < 1.29 is 38.6 Å². The van der Waals surface area contributed by atoms with Gasteiger partial charge in [-0.3, -0.25) is 28.8 Å². The van der Waals surface area contributed by atoms with Crippen molar-refractivity contribution in [3.63, 3.8) is 0 Å². The molecule has 0 saturated heterocycles. The van der Waals surface area contributed by atoms with Gasteiger partial charge in [0.15, 0.2) is 6.10 Å². The summed E-state index contributed by atoms with van der Waals surface area (Å²) in [7, 11) is 0. The molecule has 3 aromatic carbocycles. The number of nitrogens with one attached hydrogen (secondary N) is 7. The van der Waals surface area contributed by atoms with Crippen molar-refractivity contribution in [2.24, 2.45) is 11.8 Å². The third-order valence-corrected chi connectivity index (χ3v) is 10.4. The smallest absolute Gasteiger partial charge is 0.251 e. The molecule has 15 nitrogen and oxygen atoms in total. The van der Waals surface area contributed by atoms with Crippen LogP contribution < -0.4 is 36.6 Å². The van der Waals surface area contributed by atoms with Gasteiger partial charge in [-0.25, -0.2) is 0 Å². The quantitative estimate of drug-likeness (QED) is 0.0941. The number of aromatic nitrogens is 1. The van der Waals surface area contributed by atoms with Crippen LogP contribution in [-0.4, -0.2) is 95.0 Å². The zero-order valence-electron chi connectivity index (χ0n) is 34.7. The van der Waals surface area contributed by atoms with Gasteiger partial charge >= 0.3 is 0 Å². The maximum absolute atomic E-state index is 14.1. The van der Waals surface area contributed by atoms with E-state index in [9.17, 15) is 33.9 Å². The van der Waals surface area contributed by atoms with Crippen molar-refractivity contribution in [1.29, 1.82) is 0 Å². The van der Waals surface area contributed by atoms with Crippen molar-refractivity contribution in [2.45, 2.75) is 96.6 Å². The molecule has 60 heavy (non-hydrogen) atoms. The van der Waals surface area contributed by atoms with E-state index in [1.54, 1.807) is 82.4 Å². The van der Waals surface area contributed by atoms with Gasteiger partial charge < -0.3 is 46.7 Å². The second-order valence-corrected chi connectivity index (χ2v) is 15.9. The highest BCUT2D eigenvalue weighted by atomic mass is 16.5. The molecule has 320 valence electrons. The van der Waals surface area contributed by atoms with Crippen LogP contribution in [0.4, 0.5) is 0 Å². The van der Waals surface area contributed by atoms with Crippen LogP contribution in [0.5, 0.6) is 5.75 Å². The zero-order chi connectivity index (χ0) is 43.3. The molecule has 2 aliphatic heterocycles. The summed E-state index contributed by atoms with van der Waals surface area (Å²) >= 11 is 0. The van der Waals surface area contributed by atoms with E-state index in [2.05, 4.69) is 36.9 Å². The van der Waals surface area contributed by atoms with Crippen molar-refractivity contribution in [3.05, 3.63) is 102 Å². The van der Waals surface area contributed by atoms with Crippen molar-refractivity contribution in [1.82, 2.24) is 36.9 Å². The normalized spacial score (nSPS) is 18.1. The Morgan fingerprint density at radius 1 is 0.817 bits per heavy atom. The van der Waals surface area contributed by atoms with Gasteiger partial charge in [-0.15, -0.1) is 0 Å². The lowest BCUT2D eigenvalue weighted by molar-refractivity contribution is -0.137. The molecule has 3 heterocycles. The summed E-state index contributed by atoms with van der Waals surface area (Å²) in [4.78, 5) is 84.5. The molecule has 1 aromatic heterocycles. The minimum Gasteiger partial charge on any atom is -0.494 e. The highest BCUT2D eigenvalue weighted by Crippen LogP contribution is 2.20. The number of aromatic amines is 1. The highest BCUT2D eigenvalue weighted by Gasteiger charge is 2.36. The number of H-pyrrole nitrogens is 1. The number of aliphatic hydroxyl groups excluding tert-OH is 1. The molecule has 0 spiro atoms. The standard InChI is InChI=1S/C45H57N7O8/c1-26(2)38-43(57)46-20-11-21-60-32-18-16-30(17-19-32)23-36(41(55)51-38)50-45(59)40(54)35(22-29-12-7-6-8-13-29)49-44(58)39(27(3)4)52-42(56)37(48-28(5)53)24-31-25-47-34-15-10-9-14-33(31)34/h6-10,12-19,25-27,35-40,47,54H,11,20-24H2,1-5H3,(H,46,57)(H,48,53)(H,49,58)(H,50,59)(H,51,55)(H,52,56)/t35-,36-,37-,38-,39-,40+/m0/s1. The molecular weight excluding hydrogens is 767 g/mol. The second kappa shape index (κ2) is 21.2. The number of aliphatic hydroxyl groups is 1. The maximum atomic E-state index is 14.1. The number of fused-ring (bicyclic) bond motifs is 13. The topological polar surface area (TPSA) is 220 Å². The number of carbonyl (C=O) groups excluding carboxylic acids is 6. The Morgan fingerprint density at radius 2 is 1.52 bits per heavy atom. The largest absolute Gasteiger partial charge is 0.494 e. The number of amides is 6. The Balaban J connectivity index is 1.37. The second-order valence-electron chi connectivity index (χ2n) is 15.9. The molecule has 6 atom stereocenters. The monoisotopic (exact) mass is 823 g/mol. The van der Waals surface area contributed by atoms with Crippen molar-refractivity contribution in [3.8, 4) is 5.75 Å². The fourth-order valence-corrected chi connectivity index (χ4v) is 7.13. The first-order valence-corrected chi connectivity index (χ1v) is 20.4. The average molecular weight is 824 g/mol. The third kappa shape index (κ3) is 12.4. The lowest BCUT2D eigenvalue weighted by atomic mass is 9.97. The van der Waals surface area contributed by atoms with E-state index >= 15 is 0 Å². The molecule has 0 aliphatic carbocycles. The number of hydrogen-bond acceptors (Lipinski definition) is 8. The van der Waals surface area contributed by atoms with Gasteiger partial charge in [0, 0.05) is 43.4 Å². The molecular formula is C45H57N7O8. The van der Waals surface area contributed by atoms with Crippen LogP contribution in [0.15, 0.2) is 85.1 Å². The number of para-hydroxylation sites is 1. The lowest BCUT2D eigenvalue weighted by Gasteiger charge is -2.30. The fraction of sp³-hybridized carbons (Fsp3) is 0.422. The van der Waals surface area contributed by atoms with Crippen LogP contribution in [0.25, 0.3) is 10.9 Å². The molecule has 2 aliphatic rings. The first kappa shape index (κ1) is 44.9. The molecule has 6 rings (SSSR count). The Hall–Kier alpha value is -6.22. The van der Waals surface area contributed by atoms with E-state index in [1.165, 1.54) is 6.92 Å². The van der Waals surface area contributed by atoms with Gasteiger partial charge in [-0.2, -0.15) is 0 Å². The van der Waals surface area contributed by atoms with Crippen LogP contribution in [0.1, 0.15) is 57.7 Å². The summed E-state index contributed by atoms with van der Waals surface area (Å²) in [6, 6.07) is 18.1. The molecule has 2 bridgehead atoms. The predicted molar refractivity (Wildman–Crippen MR) is 226 cm³/mol. The van der Waals surface area contributed by atoms with E-state index in [1.807, 2.05) is 30.3 Å². The molecule has 0 saturated carbocycles. The minimum absolute atomic E-state index is 0.0161. The average Bonchev–Trinajstić information content (AvgIpc) is 3.62. The molecule has 0 fully saturated rings. The first-order chi connectivity index (χ1) is 28.7. The van der Waals surface area contributed by atoms with Crippen molar-refractivity contribution >= 4 is 46.3 Å². The SMILES string of the molecule is CC(=O)N[C@@H](Cc1c[nH]c2ccccc12)C(=O)N[C@H](C(=O)N[C@@H](Cc1ccccc1)[C@@H](O)C(=O)N[C@H]1Cc2ccc(cc2)OCCCNC(=O)[C@H](C(C)C)NC1=O)C(C)C. The maximum Gasteiger partial charge on any atom is 0.251 e. The molecule has 8 N–H and O–H groups in total. The lowest BCUT2D eigenvalue weighted by Crippen LogP contribution is -2.61. The number of rotatable bonds is 14. The van der Waals surface area contributed by atoms with Crippen LogP contribution in [0, 0.1) is 11.8 Å². The molecule has 15 heteroatoms. The Labute approximate surface area is 350 Å². The number of benzene rings is 3. The van der Waals surface area contributed by atoms with Crippen LogP contribution >= 0.6 is 0 Å². The number of hydrogen-bond donors (Lipinski definition) is 8. The Morgan fingerprint density at radius 3 is 2.20 bits per heavy atom. The fourth-order valence-electron chi connectivity index (χ4n) is 7.13. The van der Waals surface area contributed by atoms with E-state index in [4.69, 9.17) is 4.74 Å². The molecule has 6 amide bonds. The molecule has 0 unspecified atom stereocenters. The molecule has 0 radical (unpaired) electrons. The summed E-state index contributed by atoms with van der Waals surface area (Å²) in [5.74, 6) is -3.77. The molecule has 4 aromatic rings. The van der Waals surface area contributed by atoms with E-state index in [0.29, 0.717) is 36.4 Å². The minimum atomic E-state index is -1.86. The van der Waals surface area contributed by atoms with Gasteiger partial charge in [-0.05, 0) is 59.6 Å². The third-order valence-electron chi connectivity index (χ3n) is 10.4.